The summed E-state index contributed by atoms with van der Waals surface area (Å²) in [5, 5.41) is 0.302. The van der Waals surface area contributed by atoms with Crippen LogP contribution in [0.3, 0.4) is 0 Å². The molecule has 0 unspecified atom stereocenters. The number of nitrogen functional groups attached to an aromatic ring is 1. The molecule has 2 N–H and O–H groups in total. The van der Waals surface area contributed by atoms with Crippen molar-refractivity contribution in [2.75, 3.05) is 5.73 Å². The number of rotatable bonds is 4. The van der Waals surface area contributed by atoms with Gasteiger partial charge in [-0.15, -0.1) is 0 Å². The van der Waals surface area contributed by atoms with Gasteiger partial charge in [0.05, 0.1) is 5.41 Å². The number of carbonyl (C=O) groups is 1. The molecule has 3 rings (SSSR count). The first kappa shape index (κ1) is 14.1. The van der Waals surface area contributed by atoms with Gasteiger partial charge in [0, 0.05) is 22.7 Å². The second-order valence-electron chi connectivity index (χ2n) is 5.50. The summed E-state index contributed by atoms with van der Waals surface area (Å²) >= 11 is 6.00. The van der Waals surface area contributed by atoms with Crippen molar-refractivity contribution in [3.05, 3.63) is 64.4 Å². The zero-order chi connectivity index (χ0) is 15.0. The number of nitrogens with two attached hydrogens (primary N) is 1. The van der Waals surface area contributed by atoms with Crippen LogP contribution < -0.4 is 5.73 Å². The van der Waals surface area contributed by atoms with Crippen molar-refractivity contribution in [1.29, 1.82) is 0 Å². The van der Waals surface area contributed by atoms with E-state index >= 15 is 0 Å². The first-order valence-electron chi connectivity index (χ1n) is 6.85. The molecule has 1 fully saturated rings. The highest BCUT2D eigenvalue weighted by atomic mass is 35.5. The van der Waals surface area contributed by atoms with Crippen LogP contribution in [-0.4, -0.2) is 5.78 Å². The molecule has 0 amide bonds. The summed E-state index contributed by atoms with van der Waals surface area (Å²) in [5.74, 6) is -0.414. The Kier molecular flexibility index (Phi) is 3.46. The largest absolute Gasteiger partial charge is 0.399 e. The molecule has 1 aliphatic rings. The monoisotopic (exact) mass is 303 g/mol. The predicted octanol–water partition coefficient (Wildman–Crippen LogP) is 3.90. The minimum Gasteiger partial charge on any atom is -0.399 e. The maximum atomic E-state index is 13.8. The van der Waals surface area contributed by atoms with E-state index in [1.54, 1.807) is 24.3 Å². The van der Waals surface area contributed by atoms with E-state index < -0.39 is 11.2 Å². The number of hydrogen-bond acceptors (Lipinski definition) is 2. The Morgan fingerprint density at radius 2 is 1.86 bits per heavy atom. The fourth-order valence-corrected chi connectivity index (χ4v) is 2.92. The van der Waals surface area contributed by atoms with E-state index in [4.69, 9.17) is 17.3 Å². The number of anilines is 1. The Balaban J connectivity index is 1.87. The highest BCUT2D eigenvalue weighted by molar-refractivity contribution is 6.31. The maximum Gasteiger partial charge on any atom is 0.147 e. The van der Waals surface area contributed by atoms with Crippen LogP contribution in [0.4, 0.5) is 10.1 Å². The minimum atomic E-state index is -0.487. The summed E-state index contributed by atoms with van der Waals surface area (Å²) in [5.41, 5.74) is 7.09. The highest BCUT2D eigenvalue weighted by Crippen LogP contribution is 2.50. The number of halogens is 2. The molecule has 0 heterocycles. The predicted molar refractivity (Wildman–Crippen MR) is 81.9 cm³/mol. The average Bonchev–Trinajstić information content (AvgIpc) is 3.25. The molecule has 0 bridgehead atoms. The van der Waals surface area contributed by atoms with Crippen LogP contribution in [0.1, 0.15) is 24.0 Å². The molecule has 0 spiro atoms. The third-order valence-electron chi connectivity index (χ3n) is 4.15. The van der Waals surface area contributed by atoms with Crippen molar-refractivity contribution >= 4 is 23.1 Å². The van der Waals surface area contributed by atoms with Crippen molar-refractivity contribution in [3.8, 4) is 0 Å². The smallest absolute Gasteiger partial charge is 0.147 e. The number of hydrogen-bond donors (Lipinski definition) is 1. The zero-order valence-corrected chi connectivity index (χ0v) is 12.2. The van der Waals surface area contributed by atoms with Crippen LogP contribution in [0.15, 0.2) is 42.5 Å². The van der Waals surface area contributed by atoms with Gasteiger partial charge in [-0.3, -0.25) is 4.79 Å². The van der Waals surface area contributed by atoms with Gasteiger partial charge in [0.1, 0.15) is 11.6 Å². The van der Waals surface area contributed by atoms with Crippen molar-refractivity contribution in [1.82, 2.24) is 0 Å². The molecule has 4 heteroatoms. The summed E-state index contributed by atoms with van der Waals surface area (Å²) < 4.78 is 13.8. The Labute approximate surface area is 127 Å². The summed E-state index contributed by atoms with van der Waals surface area (Å²) in [6, 6.07) is 11.8. The molecule has 2 aromatic rings. The zero-order valence-electron chi connectivity index (χ0n) is 11.4. The number of carbonyl (C=O) groups excluding carboxylic acids is 1. The highest BCUT2D eigenvalue weighted by Gasteiger charge is 2.50. The Morgan fingerprint density at radius 3 is 2.43 bits per heavy atom. The Bertz CT molecular complexity index is 672. The van der Waals surface area contributed by atoms with Gasteiger partial charge in [-0.05, 0) is 42.7 Å². The summed E-state index contributed by atoms with van der Waals surface area (Å²) in [7, 11) is 0. The van der Waals surface area contributed by atoms with Gasteiger partial charge < -0.3 is 5.73 Å². The first-order chi connectivity index (χ1) is 10.0. The van der Waals surface area contributed by atoms with Gasteiger partial charge >= 0.3 is 0 Å². The molecule has 2 nitrogen and oxygen atoms in total. The molecule has 1 aliphatic carbocycles. The van der Waals surface area contributed by atoms with Crippen molar-refractivity contribution < 1.29 is 9.18 Å². The number of Topliss-reactive ketones (excluding diaryl/α,β-unsaturated/α-hetero) is 1. The molecule has 108 valence electrons. The molecule has 21 heavy (non-hydrogen) atoms. The lowest BCUT2D eigenvalue weighted by Crippen LogP contribution is -2.23. The van der Waals surface area contributed by atoms with E-state index in [2.05, 4.69) is 0 Å². The number of benzene rings is 2. The number of ketones is 1. The molecular weight excluding hydrogens is 289 g/mol. The van der Waals surface area contributed by atoms with Crippen LogP contribution in [0, 0.1) is 5.82 Å². The van der Waals surface area contributed by atoms with Gasteiger partial charge in [0.15, 0.2) is 0 Å². The lowest BCUT2D eigenvalue weighted by molar-refractivity contribution is -0.120. The minimum absolute atomic E-state index is 0.0132. The molecule has 2 aromatic carbocycles. The lowest BCUT2D eigenvalue weighted by atomic mass is 9.88. The van der Waals surface area contributed by atoms with Crippen LogP contribution >= 0.6 is 11.6 Å². The molecule has 0 radical (unpaired) electrons. The summed E-state index contributed by atoms with van der Waals surface area (Å²) in [4.78, 5) is 12.6. The fourth-order valence-electron chi connectivity index (χ4n) is 2.69. The van der Waals surface area contributed by atoms with Crippen molar-refractivity contribution in [2.45, 2.75) is 24.7 Å². The molecular formula is C17H15ClFNO. The van der Waals surface area contributed by atoms with Gasteiger partial charge in [0.25, 0.3) is 0 Å². The van der Waals surface area contributed by atoms with Gasteiger partial charge in [-0.1, -0.05) is 29.8 Å². The second-order valence-corrected chi connectivity index (χ2v) is 5.91. The van der Waals surface area contributed by atoms with Crippen LogP contribution in [-0.2, 0) is 16.6 Å². The molecule has 0 saturated heterocycles. The van der Waals surface area contributed by atoms with E-state index in [9.17, 15) is 9.18 Å². The standard InChI is InChI=1S/C17H15ClFNO/c18-14-2-1-3-15(19)13(14)10-16(21)17(8-9-17)11-4-6-12(20)7-5-11/h1-7H,8-10,20H2. The Morgan fingerprint density at radius 1 is 1.19 bits per heavy atom. The normalized spacial score (nSPS) is 15.7. The van der Waals surface area contributed by atoms with Crippen LogP contribution in [0.25, 0.3) is 0 Å². The van der Waals surface area contributed by atoms with E-state index in [1.165, 1.54) is 6.07 Å². The Hall–Kier alpha value is -1.87. The van der Waals surface area contributed by atoms with E-state index in [1.807, 2.05) is 12.1 Å². The average molecular weight is 304 g/mol. The fraction of sp³-hybridized carbons (Fsp3) is 0.235. The third kappa shape index (κ3) is 2.54. The topological polar surface area (TPSA) is 43.1 Å². The summed E-state index contributed by atoms with van der Waals surface area (Å²) in [6.07, 6.45) is 1.61. The van der Waals surface area contributed by atoms with Crippen molar-refractivity contribution in [3.63, 3.8) is 0 Å². The van der Waals surface area contributed by atoms with Crippen LogP contribution in [0.5, 0.6) is 0 Å². The SMILES string of the molecule is Nc1ccc(C2(C(=O)Cc3c(F)cccc3Cl)CC2)cc1. The van der Waals surface area contributed by atoms with E-state index in [0.717, 1.165) is 18.4 Å². The summed E-state index contributed by atoms with van der Waals surface area (Å²) in [6.45, 7) is 0. The molecule has 1 saturated carbocycles. The maximum absolute atomic E-state index is 13.8. The van der Waals surface area contributed by atoms with E-state index in [0.29, 0.717) is 10.7 Å². The lowest BCUT2D eigenvalue weighted by Gasteiger charge is -2.15. The van der Waals surface area contributed by atoms with Crippen molar-refractivity contribution in [2.24, 2.45) is 0 Å². The molecule has 0 atom stereocenters. The van der Waals surface area contributed by atoms with Gasteiger partial charge in [-0.25, -0.2) is 4.39 Å². The quantitative estimate of drug-likeness (QED) is 0.870. The van der Waals surface area contributed by atoms with Gasteiger partial charge in [0.2, 0.25) is 0 Å². The third-order valence-corrected chi connectivity index (χ3v) is 4.50. The molecule has 0 aromatic heterocycles. The van der Waals surface area contributed by atoms with Crippen LogP contribution in [0.2, 0.25) is 5.02 Å². The molecule has 0 aliphatic heterocycles. The van der Waals surface area contributed by atoms with Gasteiger partial charge in [-0.2, -0.15) is 0 Å². The first-order valence-corrected chi connectivity index (χ1v) is 7.23. The van der Waals surface area contributed by atoms with E-state index in [-0.39, 0.29) is 17.8 Å². The second kappa shape index (κ2) is 5.15.